The number of hydrogen-bond acceptors (Lipinski definition) is 4. The molecule has 0 aliphatic rings. The molecule has 6 nitrogen and oxygen atoms in total. The highest BCUT2D eigenvalue weighted by atomic mass is 15.0. The fraction of sp³-hybridized carbons (Fsp3) is 0. The summed E-state index contributed by atoms with van der Waals surface area (Å²) in [5.74, 6) is 1.40. The number of rotatable bonds is 12. The van der Waals surface area contributed by atoms with Crippen LogP contribution in [0.2, 0.25) is 0 Å². The normalized spacial score (nSPS) is 11.6. The second kappa shape index (κ2) is 30.0. The molecule has 0 aliphatic heterocycles. The van der Waals surface area contributed by atoms with Crippen molar-refractivity contribution in [2.45, 2.75) is 0 Å². The van der Waals surface area contributed by atoms with Crippen LogP contribution >= 0.6 is 0 Å². The van der Waals surface area contributed by atoms with Crippen molar-refractivity contribution >= 4 is 108 Å². The van der Waals surface area contributed by atoms with E-state index in [-0.39, 0.29) is 0 Å². The maximum atomic E-state index is 5.08. The molecule has 0 radical (unpaired) electrons. The van der Waals surface area contributed by atoms with E-state index in [2.05, 4.69) is 434 Å². The summed E-state index contributed by atoms with van der Waals surface area (Å²) < 4.78 is 4.78. The van der Waals surface area contributed by atoms with Gasteiger partial charge in [-0.15, -0.1) is 0 Å². The predicted molar refractivity (Wildman–Crippen MR) is 512 cm³/mol. The fourth-order valence-corrected chi connectivity index (χ4v) is 18.2. The van der Waals surface area contributed by atoms with Gasteiger partial charge in [0.05, 0.1) is 44.8 Å². The Morgan fingerprint density at radius 3 is 0.836 bits per heavy atom. The van der Waals surface area contributed by atoms with Crippen LogP contribution in [0.1, 0.15) is 0 Å². The van der Waals surface area contributed by atoms with Crippen molar-refractivity contribution in [2.24, 2.45) is 0 Å². The quantitative estimate of drug-likeness (QED) is 0.122. The molecule has 0 bridgehead atoms. The van der Waals surface area contributed by atoms with Gasteiger partial charge in [-0.1, -0.05) is 322 Å². The lowest BCUT2D eigenvalue weighted by atomic mass is 9.94. The van der Waals surface area contributed by atoms with E-state index >= 15 is 0 Å². The first-order valence-electron chi connectivity index (χ1n) is 41.6. The molecule has 0 amide bonds. The number of benzene rings is 20. The minimum Gasteiger partial charge on any atom is -0.309 e. The molecule has 4 heterocycles. The van der Waals surface area contributed by atoms with Crippen LogP contribution in [0.25, 0.3) is 232 Å². The lowest BCUT2D eigenvalue weighted by Crippen LogP contribution is -1.97. The first kappa shape index (κ1) is 71.1. The standard InChI is InChI=1S/2C58H37N3/c1-3-13-40(14-4-1)53-37-54(41-15-5-2-6-16-41)60-58(59-53)42-28-31-48(32-29-42)61-55-21-10-9-19-51(55)57-52-36-46(23-22-39(52)30-33-56(57)61)44-24-25-45-35-47(27-26-43(45)34-44)50-20-11-17-38-12-7-8-18-49(38)50;1-3-12-40(13-4-1)53-37-54(41-14-5-2-6-15-41)60-58(59-53)42-27-30-50(31-28-42)61-55-18-10-9-17-51(55)57-52-36-49(22-20-39(52)29-32-56(57)61)48-26-25-46-34-45(23-24-47(46)35-48)44-21-19-38-11-7-8-16-43(38)33-44/h2*1-37H. The molecule has 24 rings (SSSR count). The molecule has 0 unspecified atom stereocenters. The molecule has 0 fully saturated rings. The third-order valence-electron chi connectivity index (χ3n) is 24.3. The Kier molecular flexibility index (Phi) is 17.5. The number of aromatic nitrogens is 6. The van der Waals surface area contributed by atoms with E-state index in [0.29, 0.717) is 11.6 Å². The summed E-state index contributed by atoms with van der Waals surface area (Å²) in [5.41, 5.74) is 26.4. The summed E-state index contributed by atoms with van der Waals surface area (Å²) in [4.78, 5) is 20.3. The Bertz CT molecular complexity index is 8090. The maximum absolute atomic E-state index is 5.08. The zero-order chi connectivity index (χ0) is 80.6. The molecule has 20 aromatic carbocycles. The van der Waals surface area contributed by atoms with Crippen LogP contribution in [-0.4, -0.2) is 29.1 Å². The van der Waals surface area contributed by atoms with Crippen LogP contribution in [0.4, 0.5) is 0 Å². The molecule has 0 atom stereocenters. The van der Waals surface area contributed by atoms with E-state index in [0.717, 1.165) is 67.5 Å². The number of hydrogen-bond donors (Lipinski definition) is 0. The maximum Gasteiger partial charge on any atom is 0.160 e. The highest BCUT2D eigenvalue weighted by Gasteiger charge is 2.21. The molecular weight excluding hydrogens is 1480 g/mol. The van der Waals surface area contributed by atoms with Gasteiger partial charge in [0.25, 0.3) is 0 Å². The fourth-order valence-electron chi connectivity index (χ4n) is 18.2. The van der Waals surface area contributed by atoms with Crippen LogP contribution in [0.15, 0.2) is 449 Å². The molecule has 4 aromatic heterocycles. The Morgan fingerprint density at radius 1 is 0.148 bits per heavy atom. The smallest absolute Gasteiger partial charge is 0.160 e. The van der Waals surface area contributed by atoms with Gasteiger partial charge in [0, 0.05) is 66.3 Å². The first-order valence-corrected chi connectivity index (χ1v) is 41.6. The van der Waals surface area contributed by atoms with Crippen molar-refractivity contribution in [1.82, 2.24) is 29.1 Å². The molecule has 0 spiro atoms. The Labute approximate surface area is 705 Å². The average Bonchev–Trinajstić information content (AvgIpc) is 1.58. The molecule has 0 saturated carbocycles. The lowest BCUT2D eigenvalue weighted by molar-refractivity contribution is 1.16. The second-order valence-corrected chi connectivity index (χ2v) is 31.6. The summed E-state index contributed by atoms with van der Waals surface area (Å²) in [5, 5.41) is 19.9. The molecule has 122 heavy (non-hydrogen) atoms. The number of fused-ring (bicyclic) bond motifs is 14. The topological polar surface area (TPSA) is 61.4 Å². The van der Waals surface area contributed by atoms with Crippen molar-refractivity contribution < 1.29 is 0 Å². The summed E-state index contributed by atoms with van der Waals surface area (Å²) >= 11 is 0. The van der Waals surface area contributed by atoms with Crippen LogP contribution < -0.4 is 0 Å². The number of para-hydroxylation sites is 2. The molecule has 0 N–H and O–H groups in total. The molecule has 568 valence electrons. The third-order valence-corrected chi connectivity index (χ3v) is 24.3. The van der Waals surface area contributed by atoms with Gasteiger partial charge < -0.3 is 9.13 Å². The van der Waals surface area contributed by atoms with Gasteiger partial charge in [0.15, 0.2) is 11.6 Å². The zero-order valence-corrected chi connectivity index (χ0v) is 66.4. The minimum absolute atomic E-state index is 0.700. The largest absolute Gasteiger partial charge is 0.309 e. The van der Waals surface area contributed by atoms with Gasteiger partial charge in [-0.25, -0.2) is 19.9 Å². The van der Waals surface area contributed by atoms with E-state index in [1.807, 2.05) is 24.3 Å². The first-order chi connectivity index (χ1) is 60.4. The van der Waals surface area contributed by atoms with Crippen LogP contribution in [0.3, 0.4) is 0 Å². The van der Waals surface area contributed by atoms with E-state index in [1.54, 1.807) is 0 Å². The summed E-state index contributed by atoms with van der Waals surface area (Å²) in [6, 6.07) is 161. The van der Waals surface area contributed by atoms with Crippen molar-refractivity contribution in [3.05, 3.63) is 449 Å². The highest BCUT2D eigenvalue weighted by Crippen LogP contribution is 2.44. The molecule has 0 aliphatic carbocycles. The Balaban J connectivity index is 0.000000142. The van der Waals surface area contributed by atoms with Gasteiger partial charge in [-0.05, 0) is 237 Å². The van der Waals surface area contributed by atoms with E-state index in [9.17, 15) is 0 Å². The van der Waals surface area contributed by atoms with Crippen LogP contribution in [0, 0.1) is 0 Å². The van der Waals surface area contributed by atoms with Crippen molar-refractivity contribution in [1.29, 1.82) is 0 Å². The number of nitrogens with zero attached hydrogens (tertiary/aromatic N) is 6. The Hall–Kier alpha value is -16.3. The second-order valence-electron chi connectivity index (χ2n) is 31.6. The van der Waals surface area contributed by atoms with Gasteiger partial charge >= 0.3 is 0 Å². The van der Waals surface area contributed by atoms with Crippen molar-refractivity contribution in [3.8, 4) is 124 Å². The van der Waals surface area contributed by atoms with E-state index in [4.69, 9.17) is 19.9 Å². The van der Waals surface area contributed by atoms with Crippen molar-refractivity contribution in [2.75, 3.05) is 0 Å². The Morgan fingerprint density at radius 2 is 0.426 bits per heavy atom. The molecule has 6 heteroatoms. The van der Waals surface area contributed by atoms with Gasteiger partial charge in [0.1, 0.15) is 0 Å². The van der Waals surface area contributed by atoms with E-state index < -0.39 is 0 Å². The minimum atomic E-state index is 0.700. The van der Waals surface area contributed by atoms with E-state index in [1.165, 1.54) is 153 Å². The third kappa shape index (κ3) is 12.9. The predicted octanol–water partition coefficient (Wildman–Crippen LogP) is 30.7. The van der Waals surface area contributed by atoms with Crippen LogP contribution in [-0.2, 0) is 0 Å². The lowest BCUT2D eigenvalue weighted by Gasteiger charge is -2.12. The summed E-state index contributed by atoms with van der Waals surface area (Å²) in [7, 11) is 0. The van der Waals surface area contributed by atoms with Gasteiger partial charge in [-0.3, -0.25) is 0 Å². The molecule has 0 saturated heterocycles. The average molecular weight is 1550 g/mol. The monoisotopic (exact) mass is 1550 g/mol. The SMILES string of the molecule is c1ccc(-c2cc(-c3ccccc3)nc(-c3ccc(-n4c5ccccc5c5c6cc(-c7ccc8cc(-c9ccc%10ccccc%10c9)ccc8c7)ccc6ccc54)cc3)n2)cc1.c1ccc(-c2cc(-c3ccccc3)nc(-c3ccc(-n4c5ccccc5c5c6cc(-c7ccc8cc(-c9cccc%10ccccc9%10)ccc8c7)ccc6ccc54)cc3)n2)cc1. The summed E-state index contributed by atoms with van der Waals surface area (Å²) in [6.07, 6.45) is 0. The highest BCUT2D eigenvalue weighted by molar-refractivity contribution is 6.23. The van der Waals surface area contributed by atoms with Crippen molar-refractivity contribution in [3.63, 3.8) is 0 Å². The summed E-state index contributed by atoms with van der Waals surface area (Å²) in [6.45, 7) is 0. The zero-order valence-electron chi connectivity index (χ0n) is 66.4. The van der Waals surface area contributed by atoms with Crippen LogP contribution in [0.5, 0.6) is 0 Å². The van der Waals surface area contributed by atoms with Gasteiger partial charge in [-0.2, -0.15) is 0 Å². The molecular formula is C116H74N6. The molecule has 24 aromatic rings. The van der Waals surface area contributed by atoms with Gasteiger partial charge in [0.2, 0.25) is 0 Å².